The van der Waals surface area contributed by atoms with E-state index in [4.69, 9.17) is 9.47 Å². The topological polar surface area (TPSA) is 40.5 Å². The van der Waals surface area contributed by atoms with Crippen LogP contribution in [0.3, 0.4) is 0 Å². The third-order valence-corrected chi connectivity index (χ3v) is 6.86. The summed E-state index contributed by atoms with van der Waals surface area (Å²) in [4.78, 5) is 12.2. The summed E-state index contributed by atoms with van der Waals surface area (Å²) in [5.41, 5.74) is 4.63. The Morgan fingerprint density at radius 3 is 2.26 bits per heavy atom. The zero-order valence-electron chi connectivity index (χ0n) is 23.4. The van der Waals surface area contributed by atoms with Crippen LogP contribution in [0, 0.1) is 0 Å². The van der Waals surface area contributed by atoms with Crippen LogP contribution < -0.4 is 33.2 Å². The molecule has 4 aromatic rings. The lowest BCUT2D eigenvalue weighted by Gasteiger charge is -2.23. The fourth-order valence-corrected chi connectivity index (χ4v) is 4.58. The zero-order chi connectivity index (χ0) is 26.8. The summed E-state index contributed by atoms with van der Waals surface area (Å²) in [7, 11) is 6.39. The lowest BCUT2D eigenvalue weighted by atomic mass is 10.1. The summed E-state index contributed by atoms with van der Waals surface area (Å²) < 4.78 is 14.5. The summed E-state index contributed by atoms with van der Waals surface area (Å²) in [5, 5.41) is 1.21. The first-order valence-corrected chi connectivity index (χ1v) is 13.7. The summed E-state index contributed by atoms with van der Waals surface area (Å²) in [6.45, 7) is 2.10. The molecule has 5 nitrogen and oxygen atoms in total. The fourth-order valence-electron chi connectivity index (χ4n) is 4.58. The van der Waals surface area contributed by atoms with Crippen LogP contribution in [0.15, 0.2) is 85.1 Å². The maximum Gasteiger partial charge on any atom is 0.310 e. The van der Waals surface area contributed by atoms with Gasteiger partial charge in [-0.3, -0.25) is 9.28 Å². The van der Waals surface area contributed by atoms with Crippen LogP contribution in [0.2, 0.25) is 0 Å². The molecule has 0 aliphatic heterocycles. The third-order valence-electron chi connectivity index (χ3n) is 6.86. The quantitative estimate of drug-likeness (QED) is 0.0901. The minimum atomic E-state index is -0.142. The second-order valence-corrected chi connectivity index (χ2v) is 10.8. The lowest BCUT2D eigenvalue weighted by Crippen LogP contribution is -3.00. The van der Waals surface area contributed by atoms with Crippen molar-refractivity contribution >= 4 is 22.6 Å². The predicted octanol–water partition coefficient (Wildman–Crippen LogP) is 4.16. The van der Waals surface area contributed by atoms with E-state index in [1.807, 2.05) is 30.3 Å². The van der Waals surface area contributed by atoms with E-state index in [0.717, 1.165) is 48.0 Å². The molecule has 0 saturated carbocycles. The van der Waals surface area contributed by atoms with Gasteiger partial charge in [0.2, 0.25) is 0 Å². The average Bonchev–Trinajstić information content (AvgIpc) is 3.31. The number of hydrogen-bond acceptors (Lipinski definition) is 3. The van der Waals surface area contributed by atoms with Gasteiger partial charge in [0, 0.05) is 23.6 Å². The van der Waals surface area contributed by atoms with Crippen molar-refractivity contribution in [3.8, 4) is 5.75 Å². The van der Waals surface area contributed by atoms with Gasteiger partial charge in [0.1, 0.15) is 18.0 Å². The van der Waals surface area contributed by atoms with Crippen LogP contribution >= 0.6 is 0 Å². The molecule has 0 unspecified atom stereocenters. The van der Waals surface area contributed by atoms with Gasteiger partial charge < -0.3 is 38.0 Å². The fraction of sp³-hybridized carbons (Fsp3) is 0.364. The molecule has 0 saturated heterocycles. The Bertz CT molecular complexity index is 1290. The second kappa shape index (κ2) is 15.1. The highest BCUT2D eigenvalue weighted by atomic mass is 127. The summed E-state index contributed by atoms with van der Waals surface area (Å²) >= 11 is 0. The van der Waals surface area contributed by atoms with Crippen LogP contribution in [0.1, 0.15) is 43.2 Å². The van der Waals surface area contributed by atoms with E-state index in [9.17, 15) is 4.79 Å². The van der Waals surface area contributed by atoms with Gasteiger partial charge in [-0.1, -0.05) is 61.7 Å². The average molecular weight is 641 g/mol. The SMILES string of the molecule is C[N+](C)(C)c1ccc(CC(=O)OCCCCCCCn2ccc3cc(OCc4ccccc4)ccc32)cc1.[I-]. The number of fused-ring (bicyclic) bond motifs is 1. The molecule has 0 radical (unpaired) electrons. The van der Waals surface area contributed by atoms with Crippen molar-refractivity contribution in [1.29, 1.82) is 0 Å². The van der Waals surface area contributed by atoms with Gasteiger partial charge >= 0.3 is 5.97 Å². The Balaban J connectivity index is 0.00000420. The highest BCUT2D eigenvalue weighted by molar-refractivity contribution is 5.81. The largest absolute Gasteiger partial charge is 1.00 e. The van der Waals surface area contributed by atoms with Gasteiger partial charge in [-0.25, -0.2) is 0 Å². The van der Waals surface area contributed by atoms with Crippen molar-refractivity contribution in [2.24, 2.45) is 0 Å². The highest BCUT2D eigenvalue weighted by Gasteiger charge is 2.12. The summed E-state index contributed by atoms with van der Waals surface area (Å²) in [6, 6.07) is 26.9. The Hall–Kier alpha value is -2.84. The first kappa shape index (κ1) is 30.7. The normalized spacial score (nSPS) is 11.3. The summed E-state index contributed by atoms with van der Waals surface area (Å²) in [6.07, 6.45) is 7.97. The molecule has 6 heteroatoms. The minimum absolute atomic E-state index is 0. The van der Waals surface area contributed by atoms with Crippen molar-refractivity contribution in [2.75, 3.05) is 27.7 Å². The Morgan fingerprint density at radius 2 is 1.51 bits per heavy atom. The van der Waals surface area contributed by atoms with Gasteiger partial charge in [0.25, 0.3) is 0 Å². The molecule has 39 heavy (non-hydrogen) atoms. The number of esters is 1. The van der Waals surface area contributed by atoms with Crippen molar-refractivity contribution in [1.82, 2.24) is 9.05 Å². The Kier molecular flexibility index (Phi) is 11.9. The van der Waals surface area contributed by atoms with E-state index >= 15 is 0 Å². The van der Waals surface area contributed by atoms with E-state index in [-0.39, 0.29) is 29.9 Å². The molecule has 1 heterocycles. The second-order valence-electron chi connectivity index (χ2n) is 10.8. The Labute approximate surface area is 250 Å². The first-order valence-electron chi connectivity index (χ1n) is 13.7. The maximum absolute atomic E-state index is 12.2. The molecule has 1 aromatic heterocycles. The molecule has 0 aliphatic rings. The van der Waals surface area contributed by atoms with E-state index < -0.39 is 0 Å². The van der Waals surface area contributed by atoms with Crippen LogP contribution in [0.25, 0.3) is 10.9 Å². The standard InChI is InChI=1S/C33H41N2O3.HI/c1-35(2,3)30-16-14-27(15-17-30)24-33(36)37-23-11-6-4-5-10-21-34-22-20-29-25-31(18-19-32(29)34)38-26-28-12-8-7-9-13-28;/h7-9,12-20,22,25H,4-6,10-11,21,23-24,26H2,1-3H3;1H/q+1;/p-1. The van der Waals surface area contributed by atoms with Crippen LogP contribution in [0.4, 0.5) is 5.69 Å². The smallest absolute Gasteiger partial charge is 0.310 e. The highest BCUT2D eigenvalue weighted by Crippen LogP contribution is 2.23. The molecule has 208 valence electrons. The zero-order valence-corrected chi connectivity index (χ0v) is 25.6. The van der Waals surface area contributed by atoms with Gasteiger partial charge in [0.05, 0.1) is 34.2 Å². The number of aryl methyl sites for hydroxylation is 1. The molecule has 0 amide bonds. The number of hydrogen-bond donors (Lipinski definition) is 0. The number of aromatic nitrogens is 1. The lowest BCUT2D eigenvalue weighted by molar-refractivity contribution is -0.142. The third kappa shape index (κ3) is 9.69. The molecule has 0 fully saturated rings. The van der Waals surface area contributed by atoms with Crippen molar-refractivity contribution in [3.63, 3.8) is 0 Å². The van der Waals surface area contributed by atoms with Gasteiger partial charge in [-0.2, -0.15) is 0 Å². The van der Waals surface area contributed by atoms with Gasteiger partial charge in [-0.15, -0.1) is 0 Å². The number of carbonyl (C=O) groups excluding carboxylic acids is 1. The number of quaternary nitrogens is 1. The predicted molar refractivity (Wildman–Crippen MR) is 156 cm³/mol. The maximum atomic E-state index is 12.2. The number of halogens is 1. The van der Waals surface area contributed by atoms with Crippen LogP contribution in [0.5, 0.6) is 5.75 Å². The first-order chi connectivity index (χ1) is 18.4. The molecular weight excluding hydrogens is 599 g/mol. The van der Waals surface area contributed by atoms with Crippen molar-refractivity contribution < 1.29 is 38.2 Å². The number of unbranched alkanes of at least 4 members (excludes halogenated alkanes) is 4. The number of rotatable bonds is 14. The van der Waals surface area contributed by atoms with E-state index in [2.05, 4.69) is 80.4 Å². The van der Waals surface area contributed by atoms with E-state index in [1.165, 1.54) is 28.6 Å². The molecule has 0 spiro atoms. The number of ether oxygens (including phenoxy) is 2. The van der Waals surface area contributed by atoms with Crippen molar-refractivity contribution in [2.45, 2.75) is 51.7 Å². The van der Waals surface area contributed by atoms with Gasteiger partial charge in [0.15, 0.2) is 0 Å². The monoisotopic (exact) mass is 640 g/mol. The van der Waals surface area contributed by atoms with E-state index in [1.54, 1.807) is 0 Å². The van der Waals surface area contributed by atoms with Gasteiger partial charge in [-0.05, 0) is 60.4 Å². The number of nitrogens with zero attached hydrogens (tertiary/aromatic N) is 2. The number of carbonyl (C=O) groups is 1. The molecule has 0 atom stereocenters. The molecule has 3 aromatic carbocycles. The Morgan fingerprint density at radius 1 is 0.795 bits per heavy atom. The molecule has 0 N–H and O–H groups in total. The van der Waals surface area contributed by atoms with Crippen molar-refractivity contribution in [3.05, 3.63) is 96.2 Å². The number of benzene rings is 3. The molecule has 4 rings (SSSR count). The molecule has 0 bridgehead atoms. The summed E-state index contributed by atoms with van der Waals surface area (Å²) in [5.74, 6) is 0.758. The molecular formula is C33H41IN2O3. The van der Waals surface area contributed by atoms with Crippen LogP contribution in [-0.4, -0.2) is 38.3 Å². The minimum Gasteiger partial charge on any atom is -1.00 e. The van der Waals surface area contributed by atoms with Crippen LogP contribution in [-0.2, 0) is 29.1 Å². The van der Waals surface area contributed by atoms with E-state index in [0.29, 0.717) is 19.6 Å². The molecule has 0 aliphatic carbocycles.